The number of hydrogen-bond acceptors (Lipinski definition) is 3. The molecule has 1 aliphatic rings. The number of likely N-dealkylation sites (N-methyl/N-ethyl adjacent to an activating group) is 1. The monoisotopic (exact) mass is 266 g/mol. The Labute approximate surface area is 115 Å². The molecule has 1 aromatic rings. The van der Waals surface area contributed by atoms with E-state index >= 15 is 0 Å². The molecule has 18 heavy (non-hydrogen) atoms. The third kappa shape index (κ3) is 3.14. The highest BCUT2D eigenvalue weighted by Crippen LogP contribution is 2.32. The Hall–Kier alpha value is -0.380. The van der Waals surface area contributed by atoms with Gasteiger partial charge in [-0.25, -0.2) is 0 Å². The van der Waals surface area contributed by atoms with Crippen LogP contribution in [0.15, 0.2) is 12.1 Å². The van der Waals surface area contributed by atoms with Gasteiger partial charge in [0.2, 0.25) is 0 Å². The molecule has 1 saturated carbocycles. The van der Waals surface area contributed by atoms with Crippen molar-refractivity contribution in [2.24, 2.45) is 5.73 Å². The van der Waals surface area contributed by atoms with Crippen LogP contribution in [0.2, 0.25) is 0 Å². The maximum atomic E-state index is 6.06. The molecule has 2 rings (SSSR count). The average Bonchev–Trinajstić information content (AvgIpc) is 2.83. The number of nitrogens with two attached hydrogens (primary N) is 1. The standard InChI is InChI=1S/C15H26N2S/c1-3-17(13-7-5-4-6-8-13)14(11-16)15-10-9-12(2)18-15/h9-10,13-14H,3-8,11,16H2,1-2H3. The number of thiophene rings is 1. The largest absolute Gasteiger partial charge is 0.329 e. The molecule has 1 atom stereocenters. The number of rotatable bonds is 5. The minimum absolute atomic E-state index is 0.428. The van der Waals surface area contributed by atoms with Crippen LogP contribution < -0.4 is 5.73 Å². The van der Waals surface area contributed by atoms with Gasteiger partial charge >= 0.3 is 0 Å². The van der Waals surface area contributed by atoms with Gasteiger partial charge in [-0.2, -0.15) is 0 Å². The summed E-state index contributed by atoms with van der Waals surface area (Å²) in [7, 11) is 0. The van der Waals surface area contributed by atoms with Crippen molar-refractivity contribution >= 4 is 11.3 Å². The van der Waals surface area contributed by atoms with Gasteiger partial charge in [0.05, 0.1) is 6.04 Å². The maximum absolute atomic E-state index is 6.06. The second kappa shape index (κ2) is 6.69. The van der Waals surface area contributed by atoms with Gasteiger partial charge in [-0.05, 0) is 38.4 Å². The van der Waals surface area contributed by atoms with E-state index in [1.165, 1.54) is 41.9 Å². The lowest BCUT2D eigenvalue weighted by molar-refractivity contribution is 0.115. The summed E-state index contributed by atoms with van der Waals surface area (Å²) in [6.07, 6.45) is 6.91. The first-order valence-corrected chi connectivity index (χ1v) is 8.10. The third-order valence-corrected chi connectivity index (χ3v) is 5.22. The predicted molar refractivity (Wildman–Crippen MR) is 80.1 cm³/mol. The third-order valence-electron chi connectivity index (χ3n) is 4.12. The second-order valence-corrected chi connectivity index (χ2v) is 6.64. The van der Waals surface area contributed by atoms with E-state index in [1.807, 2.05) is 11.3 Å². The summed E-state index contributed by atoms with van der Waals surface area (Å²) in [6, 6.07) is 5.66. The molecule has 0 aliphatic heterocycles. The summed E-state index contributed by atoms with van der Waals surface area (Å²) in [5, 5.41) is 0. The minimum atomic E-state index is 0.428. The van der Waals surface area contributed by atoms with Crippen molar-refractivity contribution in [3.8, 4) is 0 Å². The first-order chi connectivity index (χ1) is 8.76. The van der Waals surface area contributed by atoms with Crippen molar-refractivity contribution in [2.45, 2.75) is 58.0 Å². The zero-order valence-electron chi connectivity index (χ0n) is 11.7. The van der Waals surface area contributed by atoms with Crippen molar-refractivity contribution in [1.82, 2.24) is 4.90 Å². The van der Waals surface area contributed by atoms with Gasteiger partial charge in [0.1, 0.15) is 0 Å². The summed E-state index contributed by atoms with van der Waals surface area (Å²) in [5.74, 6) is 0. The topological polar surface area (TPSA) is 29.3 Å². The zero-order chi connectivity index (χ0) is 13.0. The van der Waals surface area contributed by atoms with Crippen LogP contribution in [0.1, 0.15) is 54.8 Å². The van der Waals surface area contributed by atoms with Gasteiger partial charge in [-0.1, -0.05) is 26.2 Å². The number of hydrogen-bond donors (Lipinski definition) is 1. The molecule has 1 unspecified atom stereocenters. The molecule has 1 aliphatic carbocycles. The summed E-state index contributed by atoms with van der Waals surface area (Å²) in [4.78, 5) is 5.48. The van der Waals surface area contributed by atoms with Gasteiger partial charge in [-0.3, -0.25) is 4.90 Å². The molecule has 0 saturated heterocycles. The fraction of sp³-hybridized carbons (Fsp3) is 0.733. The molecule has 2 N–H and O–H groups in total. The summed E-state index contributed by atoms with van der Waals surface area (Å²) in [5.41, 5.74) is 6.06. The van der Waals surface area contributed by atoms with Crippen molar-refractivity contribution < 1.29 is 0 Å². The molecule has 0 amide bonds. The molecule has 3 heteroatoms. The van der Waals surface area contributed by atoms with Crippen LogP contribution in [0.5, 0.6) is 0 Å². The molecule has 0 bridgehead atoms. The van der Waals surface area contributed by atoms with Crippen LogP contribution in [0.3, 0.4) is 0 Å². The van der Waals surface area contributed by atoms with E-state index in [9.17, 15) is 0 Å². The highest BCUT2D eigenvalue weighted by atomic mass is 32.1. The van der Waals surface area contributed by atoms with Crippen LogP contribution in [-0.4, -0.2) is 24.0 Å². The van der Waals surface area contributed by atoms with Crippen LogP contribution in [0.25, 0.3) is 0 Å². The lowest BCUT2D eigenvalue weighted by Crippen LogP contribution is -2.42. The van der Waals surface area contributed by atoms with Gasteiger partial charge < -0.3 is 5.73 Å². The highest BCUT2D eigenvalue weighted by Gasteiger charge is 2.27. The van der Waals surface area contributed by atoms with Gasteiger partial charge in [0, 0.05) is 22.3 Å². The molecule has 102 valence electrons. The molecule has 0 spiro atoms. The van der Waals surface area contributed by atoms with Gasteiger partial charge in [0.15, 0.2) is 0 Å². The Balaban J connectivity index is 2.12. The number of aryl methyl sites for hydroxylation is 1. The molecule has 1 fully saturated rings. The van der Waals surface area contributed by atoms with Gasteiger partial charge in [0.25, 0.3) is 0 Å². The average molecular weight is 266 g/mol. The summed E-state index contributed by atoms with van der Waals surface area (Å²) in [6.45, 7) is 6.31. The van der Waals surface area contributed by atoms with E-state index in [4.69, 9.17) is 5.73 Å². The zero-order valence-corrected chi connectivity index (χ0v) is 12.5. The lowest BCUT2D eigenvalue weighted by atomic mass is 9.93. The molecule has 1 heterocycles. The lowest BCUT2D eigenvalue weighted by Gasteiger charge is -2.38. The fourth-order valence-electron chi connectivity index (χ4n) is 3.19. The van der Waals surface area contributed by atoms with E-state index in [1.54, 1.807) is 0 Å². The van der Waals surface area contributed by atoms with Crippen molar-refractivity contribution in [3.05, 3.63) is 21.9 Å². The fourth-order valence-corrected chi connectivity index (χ4v) is 4.20. The van der Waals surface area contributed by atoms with Crippen LogP contribution in [0.4, 0.5) is 0 Å². The summed E-state index contributed by atoms with van der Waals surface area (Å²) < 4.78 is 0. The second-order valence-electron chi connectivity index (χ2n) is 5.32. The molecular formula is C15H26N2S. The molecule has 2 nitrogen and oxygen atoms in total. The van der Waals surface area contributed by atoms with Crippen molar-refractivity contribution in [1.29, 1.82) is 0 Å². The predicted octanol–water partition coefficient (Wildman–Crippen LogP) is 3.71. The Bertz CT molecular complexity index is 355. The van der Waals surface area contributed by atoms with E-state index in [-0.39, 0.29) is 0 Å². The first kappa shape index (κ1) is 14.0. The molecular weight excluding hydrogens is 240 g/mol. The Morgan fingerprint density at radius 2 is 2.06 bits per heavy atom. The van der Waals surface area contributed by atoms with Crippen LogP contribution in [0, 0.1) is 6.92 Å². The molecule has 0 aromatic carbocycles. The van der Waals surface area contributed by atoms with E-state index in [0.717, 1.165) is 19.1 Å². The SMILES string of the molecule is CCN(C1CCCCC1)C(CN)c1ccc(C)s1. The Kier molecular flexibility index (Phi) is 5.22. The Morgan fingerprint density at radius 1 is 1.33 bits per heavy atom. The van der Waals surface area contributed by atoms with Crippen LogP contribution in [-0.2, 0) is 0 Å². The highest BCUT2D eigenvalue weighted by molar-refractivity contribution is 7.12. The smallest absolute Gasteiger partial charge is 0.0566 e. The van der Waals surface area contributed by atoms with Gasteiger partial charge in [-0.15, -0.1) is 11.3 Å². The Morgan fingerprint density at radius 3 is 2.56 bits per heavy atom. The van der Waals surface area contributed by atoms with Crippen molar-refractivity contribution in [2.75, 3.05) is 13.1 Å². The quantitative estimate of drug-likeness (QED) is 0.880. The van der Waals surface area contributed by atoms with E-state index in [2.05, 4.69) is 30.9 Å². The maximum Gasteiger partial charge on any atom is 0.0566 e. The minimum Gasteiger partial charge on any atom is -0.329 e. The molecule has 0 radical (unpaired) electrons. The number of nitrogens with zero attached hydrogens (tertiary/aromatic N) is 1. The van der Waals surface area contributed by atoms with E-state index < -0.39 is 0 Å². The summed E-state index contributed by atoms with van der Waals surface area (Å²) >= 11 is 1.91. The van der Waals surface area contributed by atoms with Crippen molar-refractivity contribution in [3.63, 3.8) is 0 Å². The first-order valence-electron chi connectivity index (χ1n) is 7.28. The normalized spacial score (nSPS) is 19.3. The van der Waals surface area contributed by atoms with Crippen LogP contribution >= 0.6 is 11.3 Å². The molecule has 1 aromatic heterocycles. The van der Waals surface area contributed by atoms with E-state index in [0.29, 0.717) is 6.04 Å².